The number of aliphatic hydroxyl groups is 1. The van der Waals surface area contributed by atoms with E-state index >= 15 is 0 Å². The second kappa shape index (κ2) is 6.88. The van der Waals surface area contributed by atoms with Crippen LogP contribution in [0.1, 0.15) is 43.2 Å². The quantitative estimate of drug-likeness (QED) is 0.388. The number of hydrogen-bond acceptors (Lipinski definition) is 3. The molecule has 0 radical (unpaired) electrons. The number of halogens is 3. The van der Waals surface area contributed by atoms with Gasteiger partial charge in [-0.05, 0) is 31.7 Å². The van der Waals surface area contributed by atoms with Gasteiger partial charge in [0.15, 0.2) is 0 Å². The molecule has 1 saturated carbocycles. The van der Waals surface area contributed by atoms with Crippen molar-refractivity contribution in [1.29, 1.82) is 0 Å². The average molecular weight is 329 g/mol. The molecule has 23 heavy (non-hydrogen) atoms. The molecule has 0 heterocycles. The standard InChI is InChI=1S/C16H22F3N3O/c1-20-14(12-8-4-5-9-13(12)16(17,18)19)21-22(2)15(23)10-6-3-7-11-15/h4-5,8-9,23H,3,6-7,10-11H2,1-2H3,(H,20,21). The molecule has 1 aliphatic carbocycles. The number of alkyl halides is 3. The number of aliphatic imine (C=N–C) groups is 1. The lowest BCUT2D eigenvalue weighted by molar-refractivity contribution is -0.138. The van der Waals surface area contributed by atoms with E-state index in [2.05, 4.69) is 10.4 Å². The Hall–Kier alpha value is -1.60. The van der Waals surface area contributed by atoms with Crippen LogP contribution in [0, 0.1) is 0 Å². The number of nitrogens with one attached hydrogen (secondary N) is 1. The van der Waals surface area contributed by atoms with Crippen LogP contribution in [0.15, 0.2) is 29.3 Å². The van der Waals surface area contributed by atoms with Gasteiger partial charge < -0.3 is 10.5 Å². The highest BCUT2D eigenvalue weighted by atomic mass is 19.4. The molecule has 0 unspecified atom stereocenters. The highest BCUT2D eigenvalue weighted by Gasteiger charge is 2.37. The summed E-state index contributed by atoms with van der Waals surface area (Å²) in [7, 11) is 3.06. The predicted molar refractivity (Wildman–Crippen MR) is 82.8 cm³/mol. The zero-order valence-corrected chi connectivity index (χ0v) is 13.3. The van der Waals surface area contributed by atoms with E-state index in [1.807, 2.05) is 0 Å². The Balaban J connectivity index is 2.25. The molecule has 0 bridgehead atoms. The Morgan fingerprint density at radius 3 is 2.39 bits per heavy atom. The number of benzene rings is 1. The molecular weight excluding hydrogens is 307 g/mol. The summed E-state index contributed by atoms with van der Waals surface area (Å²) in [5.74, 6) is 0.0828. The zero-order chi connectivity index (χ0) is 17.1. The lowest BCUT2D eigenvalue weighted by atomic mass is 9.91. The van der Waals surface area contributed by atoms with Gasteiger partial charge >= 0.3 is 6.18 Å². The average Bonchev–Trinajstić information content (AvgIpc) is 2.52. The topological polar surface area (TPSA) is 47.9 Å². The van der Waals surface area contributed by atoms with Crippen molar-refractivity contribution in [2.45, 2.75) is 44.0 Å². The summed E-state index contributed by atoms with van der Waals surface area (Å²) >= 11 is 0. The molecule has 1 aromatic carbocycles. The molecular formula is C16H22F3N3O. The third-order valence-corrected chi connectivity index (χ3v) is 4.26. The molecule has 1 aromatic rings. The van der Waals surface area contributed by atoms with E-state index in [1.165, 1.54) is 30.3 Å². The highest BCUT2D eigenvalue weighted by molar-refractivity contribution is 5.99. The van der Waals surface area contributed by atoms with Gasteiger partial charge in [-0.3, -0.25) is 4.99 Å². The van der Waals surface area contributed by atoms with Gasteiger partial charge in [-0.15, -0.1) is 0 Å². The van der Waals surface area contributed by atoms with E-state index in [0.29, 0.717) is 12.8 Å². The maximum Gasteiger partial charge on any atom is 0.417 e. The van der Waals surface area contributed by atoms with Gasteiger partial charge in [0.25, 0.3) is 0 Å². The molecule has 0 spiro atoms. The lowest BCUT2D eigenvalue weighted by Crippen LogP contribution is -2.56. The summed E-state index contributed by atoms with van der Waals surface area (Å²) in [6.07, 6.45) is -0.473. The summed E-state index contributed by atoms with van der Waals surface area (Å²) in [6, 6.07) is 5.28. The van der Waals surface area contributed by atoms with Crippen molar-refractivity contribution in [3.8, 4) is 0 Å². The smallest absolute Gasteiger partial charge is 0.374 e. The van der Waals surface area contributed by atoms with E-state index in [9.17, 15) is 18.3 Å². The van der Waals surface area contributed by atoms with Gasteiger partial charge in [0.05, 0.1) is 5.56 Å². The maximum absolute atomic E-state index is 13.2. The van der Waals surface area contributed by atoms with E-state index < -0.39 is 17.5 Å². The number of rotatable bonds is 3. The molecule has 1 fully saturated rings. The summed E-state index contributed by atoms with van der Waals surface area (Å²) in [5.41, 5.74) is 0.985. The first-order valence-electron chi connectivity index (χ1n) is 7.64. The van der Waals surface area contributed by atoms with Crippen molar-refractivity contribution in [2.75, 3.05) is 14.1 Å². The SMILES string of the molecule is CN=C(NN(C)C1(O)CCCCC1)c1ccccc1C(F)(F)F. The fourth-order valence-corrected chi connectivity index (χ4v) is 2.88. The van der Waals surface area contributed by atoms with Crippen LogP contribution in [0.4, 0.5) is 13.2 Å². The monoisotopic (exact) mass is 329 g/mol. The van der Waals surface area contributed by atoms with E-state index in [4.69, 9.17) is 0 Å². The van der Waals surface area contributed by atoms with Crippen molar-refractivity contribution in [1.82, 2.24) is 10.4 Å². The molecule has 0 amide bonds. The molecule has 0 saturated heterocycles. The fourth-order valence-electron chi connectivity index (χ4n) is 2.88. The van der Waals surface area contributed by atoms with Crippen LogP contribution in [-0.2, 0) is 6.18 Å². The van der Waals surface area contributed by atoms with E-state index in [0.717, 1.165) is 25.3 Å². The molecule has 2 rings (SSSR count). The van der Waals surface area contributed by atoms with Crippen molar-refractivity contribution in [3.05, 3.63) is 35.4 Å². The Morgan fingerprint density at radius 1 is 1.22 bits per heavy atom. The first-order valence-corrected chi connectivity index (χ1v) is 7.64. The van der Waals surface area contributed by atoms with Crippen LogP contribution >= 0.6 is 0 Å². The van der Waals surface area contributed by atoms with Gasteiger partial charge in [0.2, 0.25) is 0 Å². The summed E-state index contributed by atoms with van der Waals surface area (Å²) in [6.45, 7) is 0. The number of amidine groups is 1. The minimum Gasteiger partial charge on any atom is -0.374 e. The van der Waals surface area contributed by atoms with Gasteiger partial charge in [-0.1, -0.05) is 24.6 Å². The Kier molecular flexibility index (Phi) is 5.31. The fraction of sp³-hybridized carbons (Fsp3) is 0.562. The normalized spacial score (nSPS) is 19.0. The predicted octanol–water partition coefficient (Wildman–Crippen LogP) is 3.17. The third-order valence-electron chi connectivity index (χ3n) is 4.26. The van der Waals surface area contributed by atoms with Crippen molar-refractivity contribution in [3.63, 3.8) is 0 Å². The molecule has 2 N–H and O–H groups in total. The third kappa shape index (κ3) is 4.03. The second-order valence-electron chi connectivity index (χ2n) is 5.83. The Morgan fingerprint density at radius 2 is 1.83 bits per heavy atom. The van der Waals surface area contributed by atoms with Crippen LogP contribution in [0.5, 0.6) is 0 Å². The van der Waals surface area contributed by atoms with Crippen molar-refractivity contribution < 1.29 is 18.3 Å². The largest absolute Gasteiger partial charge is 0.417 e. The minimum atomic E-state index is -4.46. The van der Waals surface area contributed by atoms with Crippen LogP contribution < -0.4 is 5.43 Å². The second-order valence-corrected chi connectivity index (χ2v) is 5.83. The van der Waals surface area contributed by atoms with Gasteiger partial charge in [0, 0.05) is 19.7 Å². The van der Waals surface area contributed by atoms with E-state index in [-0.39, 0.29) is 11.4 Å². The van der Waals surface area contributed by atoms with Crippen LogP contribution in [0.2, 0.25) is 0 Å². The highest BCUT2D eigenvalue weighted by Crippen LogP contribution is 2.33. The Labute approximate surface area is 134 Å². The summed E-state index contributed by atoms with van der Waals surface area (Å²) in [4.78, 5) is 3.95. The molecule has 0 aromatic heterocycles. The Bertz CT molecular complexity index is 566. The van der Waals surface area contributed by atoms with Crippen molar-refractivity contribution >= 4 is 5.84 Å². The number of hydrogen-bond donors (Lipinski definition) is 2. The zero-order valence-electron chi connectivity index (χ0n) is 13.3. The van der Waals surface area contributed by atoms with Gasteiger partial charge in [0.1, 0.15) is 11.6 Å². The number of nitrogens with zero attached hydrogens (tertiary/aromatic N) is 2. The minimum absolute atomic E-state index is 0.0336. The first-order chi connectivity index (χ1) is 10.8. The molecule has 4 nitrogen and oxygen atoms in total. The van der Waals surface area contributed by atoms with Crippen molar-refractivity contribution in [2.24, 2.45) is 4.99 Å². The van der Waals surface area contributed by atoms with Gasteiger partial charge in [-0.25, -0.2) is 0 Å². The first kappa shape index (κ1) is 17.7. The van der Waals surface area contributed by atoms with E-state index in [1.54, 1.807) is 7.05 Å². The van der Waals surface area contributed by atoms with Crippen LogP contribution in [0.25, 0.3) is 0 Å². The lowest BCUT2D eigenvalue weighted by Gasteiger charge is -2.40. The summed E-state index contributed by atoms with van der Waals surface area (Å²) in [5, 5.41) is 12.1. The molecule has 7 heteroatoms. The van der Waals surface area contributed by atoms with Gasteiger partial charge in [-0.2, -0.15) is 18.2 Å². The van der Waals surface area contributed by atoms with Crippen LogP contribution in [0.3, 0.4) is 0 Å². The van der Waals surface area contributed by atoms with Crippen LogP contribution in [-0.4, -0.2) is 35.8 Å². The maximum atomic E-state index is 13.2. The molecule has 128 valence electrons. The summed E-state index contributed by atoms with van der Waals surface area (Å²) < 4.78 is 39.5. The molecule has 0 atom stereocenters. The number of hydrazine groups is 1. The molecule has 0 aliphatic heterocycles. The molecule has 1 aliphatic rings.